The topological polar surface area (TPSA) is 86.8 Å². The van der Waals surface area contributed by atoms with Gasteiger partial charge >= 0.3 is 0 Å². The Hall–Kier alpha value is -3.48. The molecule has 0 aliphatic carbocycles. The van der Waals surface area contributed by atoms with Crippen LogP contribution in [-0.4, -0.2) is 34.7 Å². The normalized spacial score (nSPS) is 16.2. The lowest BCUT2D eigenvalue weighted by atomic mass is 10.1. The average molecular weight is 379 g/mol. The molecule has 0 aromatic heterocycles. The second-order valence-corrected chi connectivity index (χ2v) is 6.82. The first kappa shape index (κ1) is 19.3. The lowest BCUT2D eigenvalue weighted by Gasteiger charge is -2.26. The highest BCUT2D eigenvalue weighted by Crippen LogP contribution is 2.26. The lowest BCUT2D eigenvalue weighted by molar-refractivity contribution is -0.139. The van der Waals surface area contributed by atoms with Crippen LogP contribution in [0.4, 0.5) is 5.69 Å². The summed E-state index contributed by atoms with van der Waals surface area (Å²) < 4.78 is 0. The molecule has 1 unspecified atom stereocenters. The van der Waals surface area contributed by atoms with Gasteiger partial charge in [-0.3, -0.25) is 24.6 Å². The van der Waals surface area contributed by atoms with Gasteiger partial charge in [0.1, 0.15) is 6.04 Å². The Balaban J connectivity index is 1.83. The van der Waals surface area contributed by atoms with Crippen LogP contribution in [0.1, 0.15) is 34.8 Å². The third-order valence-electron chi connectivity index (χ3n) is 4.57. The van der Waals surface area contributed by atoms with Gasteiger partial charge < -0.3 is 0 Å². The van der Waals surface area contributed by atoms with E-state index in [4.69, 9.17) is 0 Å². The summed E-state index contributed by atoms with van der Waals surface area (Å²) in [6.07, 6.45) is -0.194. The number of carbonyl (C=O) groups is 4. The predicted molar refractivity (Wildman–Crippen MR) is 103 cm³/mol. The van der Waals surface area contributed by atoms with Crippen LogP contribution in [0.5, 0.6) is 0 Å². The van der Waals surface area contributed by atoms with Crippen molar-refractivity contribution in [2.75, 3.05) is 4.90 Å². The molecule has 0 radical (unpaired) electrons. The van der Waals surface area contributed by atoms with E-state index in [-0.39, 0.29) is 6.42 Å². The second-order valence-electron chi connectivity index (χ2n) is 6.82. The van der Waals surface area contributed by atoms with Gasteiger partial charge in [0.25, 0.3) is 11.8 Å². The molecule has 2 aromatic rings. The minimum absolute atomic E-state index is 0.194. The molecule has 1 heterocycles. The van der Waals surface area contributed by atoms with Gasteiger partial charge in [0.2, 0.25) is 11.8 Å². The number of benzene rings is 2. The van der Waals surface area contributed by atoms with Crippen molar-refractivity contribution in [2.45, 2.75) is 33.2 Å². The Labute approximate surface area is 162 Å². The van der Waals surface area contributed by atoms with Crippen LogP contribution in [-0.2, 0) is 14.4 Å². The molecule has 0 saturated carbocycles. The average Bonchev–Trinajstić information content (AvgIpc) is 2.93. The van der Waals surface area contributed by atoms with Gasteiger partial charge in [0, 0.05) is 12.5 Å². The maximum atomic E-state index is 12.9. The first-order chi connectivity index (χ1) is 13.3. The molecule has 1 atom stereocenters. The van der Waals surface area contributed by atoms with Gasteiger partial charge in [-0.05, 0) is 43.7 Å². The third-order valence-corrected chi connectivity index (χ3v) is 4.57. The number of hydrogen-bond donors (Lipinski definition) is 1. The van der Waals surface area contributed by atoms with Crippen LogP contribution in [0.2, 0.25) is 0 Å². The van der Waals surface area contributed by atoms with Crippen molar-refractivity contribution in [1.82, 2.24) is 10.4 Å². The van der Waals surface area contributed by atoms with Crippen molar-refractivity contribution >= 4 is 29.3 Å². The van der Waals surface area contributed by atoms with E-state index >= 15 is 0 Å². The van der Waals surface area contributed by atoms with E-state index in [0.717, 1.165) is 21.0 Å². The van der Waals surface area contributed by atoms with E-state index in [1.807, 2.05) is 19.9 Å². The molecular weight excluding hydrogens is 358 g/mol. The number of nitrogens with one attached hydrogen (secondary N) is 1. The van der Waals surface area contributed by atoms with Gasteiger partial charge in [-0.15, -0.1) is 0 Å². The molecule has 7 nitrogen and oxygen atoms in total. The first-order valence-corrected chi connectivity index (χ1v) is 8.89. The molecule has 1 aliphatic rings. The summed E-state index contributed by atoms with van der Waals surface area (Å²) in [6.45, 7) is 4.99. The SMILES string of the molecule is CC(=O)N(NC(=O)c1ccc(C)cc1)C1CC(=O)N(c2cccc(C)c2)C1=O. The fourth-order valence-corrected chi connectivity index (χ4v) is 3.11. The highest BCUT2D eigenvalue weighted by Gasteiger charge is 2.44. The predicted octanol–water partition coefficient (Wildman–Crippen LogP) is 2.13. The Morgan fingerprint density at radius 2 is 1.71 bits per heavy atom. The molecule has 0 bridgehead atoms. The largest absolute Gasteiger partial charge is 0.274 e. The Morgan fingerprint density at radius 3 is 2.32 bits per heavy atom. The van der Waals surface area contributed by atoms with E-state index in [1.165, 1.54) is 6.92 Å². The minimum Gasteiger partial charge on any atom is -0.274 e. The number of carbonyl (C=O) groups excluding carboxylic acids is 4. The maximum Gasteiger partial charge on any atom is 0.269 e. The van der Waals surface area contributed by atoms with Gasteiger partial charge in [-0.25, -0.2) is 9.91 Å². The highest BCUT2D eigenvalue weighted by atomic mass is 16.2. The minimum atomic E-state index is -1.08. The number of hydrogen-bond acceptors (Lipinski definition) is 4. The second kappa shape index (κ2) is 7.64. The number of hydrazine groups is 1. The van der Waals surface area contributed by atoms with Crippen LogP contribution < -0.4 is 10.3 Å². The third kappa shape index (κ3) is 3.78. The van der Waals surface area contributed by atoms with E-state index in [1.54, 1.807) is 42.5 Å². The van der Waals surface area contributed by atoms with Crippen LogP contribution in [0, 0.1) is 13.8 Å². The van der Waals surface area contributed by atoms with Gasteiger partial charge in [-0.1, -0.05) is 29.8 Å². The molecule has 3 rings (SSSR count). The fourth-order valence-electron chi connectivity index (χ4n) is 3.11. The number of aryl methyl sites for hydroxylation is 2. The van der Waals surface area contributed by atoms with Crippen molar-refractivity contribution < 1.29 is 19.2 Å². The number of imide groups is 1. The summed E-state index contributed by atoms with van der Waals surface area (Å²) in [6, 6.07) is 12.7. The van der Waals surface area contributed by atoms with Crippen molar-refractivity contribution in [3.05, 3.63) is 65.2 Å². The van der Waals surface area contributed by atoms with Crippen molar-refractivity contribution in [3.63, 3.8) is 0 Å². The molecule has 7 heteroatoms. The number of rotatable bonds is 3. The smallest absolute Gasteiger partial charge is 0.269 e. The summed E-state index contributed by atoms with van der Waals surface area (Å²) in [7, 11) is 0. The number of anilines is 1. The molecule has 1 saturated heterocycles. The molecule has 4 amide bonds. The molecule has 1 aliphatic heterocycles. The van der Waals surface area contributed by atoms with E-state index in [9.17, 15) is 19.2 Å². The van der Waals surface area contributed by atoms with Crippen LogP contribution >= 0.6 is 0 Å². The van der Waals surface area contributed by atoms with Gasteiger partial charge in [-0.2, -0.15) is 0 Å². The van der Waals surface area contributed by atoms with E-state index in [0.29, 0.717) is 11.3 Å². The number of nitrogens with zero attached hydrogens (tertiary/aromatic N) is 2. The Morgan fingerprint density at radius 1 is 1.04 bits per heavy atom. The molecule has 0 spiro atoms. The summed E-state index contributed by atoms with van der Waals surface area (Å²) in [5.74, 6) is -2.02. The van der Waals surface area contributed by atoms with E-state index in [2.05, 4.69) is 5.43 Å². The maximum absolute atomic E-state index is 12.9. The molecule has 144 valence electrons. The molecule has 28 heavy (non-hydrogen) atoms. The first-order valence-electron chi connectivity index (χ1n) is 8.89. The van der Waals surface area contributed by atoms with Crippen LogP contribution in [0.15, 0.2) is 48.5 Å². The zero-order valence-corrected chi connectivity index (χ0v) is 15.9. The standard InChI is InChI=1S/C21H21N3O4/c1-13-7-9-16(10-8-13)20(27)22-24(15(3)25)18-12-19(26)23(21(18)28)17-6-4-5-14(2)11-17/h4-11,18H,12H2,1-3H3,(H,22,27). The molecule has 1 N–H and O–H groups in total. The quantitative estimate of drug-likeness (QED) is 0.654. The van der Waals surface area contributed by atoms with Crippen molar-refractivity contribution in [1.29, 1.82) is 0 Å². The zero-order chi connectivity index (χ0) is 20.4. The fraction of sp³-hybridized carbons (Fsp3) is 0.238. The van der Waals surface area contributed by atoms with Gasteiger partial charge in [0.05, 0.1) is 12.1 Å². The van der Waals surface area contributed by atoms with Crippen molar-refractivity contribution in [2.24, 2.45) is 0 Å². The molecular formula is C21H21N3O4. The van der Waals surface area contributed by atoms with Crippen LogP contribution in [0.25, 0.3) is 0 Å². The lowest BCUT2D eigenvalue weighted by Crippen LogP contribution is -2.54. The summed E-state index contributed by atoms with van der Waals surface area (Å²) in [5.41, 5.74) is 5.17. The Bertz CT molecular complexity index is 952. The molecule has 1 fully saturated rings. The summed E-state index contributed by atoms with van der Waals surface area (Å²) >= 11 is 0. The summed E-state index contributed by atoms with van der Waals surface area (Å²) in [4.78, 5) is 51.1. The monoisotopic (exact) mass is 379 g/mol. The summed E-state index contributed by atoms with van der Waals surface area (Å²) in [5, 5.41) is 0.943. The van der Waals surface area contributed by atoms with Crippen LogP contribution in [0.3, 0.4) is 0 Å². The highest BCUT2D eigenvalue weighted by molar-refractivity contribution is 6.23. The number of amides is 4. The van der Waals surface area contributed by atoms with E-state index < -0.39 is 29.7 Å². The zero-order valence-electron chi connectivity index (χ0n) is 15.9. The Kier molecular flexibility index (Phi) is 5.26. The van der Waals surface area contributed by atoms with Crippen molar-refractivity contribution in [3.8, 4) is 0 Å². The van der Waals surface area contributed by atoms with Gasteiger partial charge in [0.15, 0.2) is 0 Å². The molecule has 2 aromatic carbocycles.